The van der Waals surface area contributed by atoms with E-state index in [0.717, 1.165) is 17.6 Å². The van der Waals surface area contributed by atoms with E-state index < -0.39 is 0 Å². The number of pyridine rings is 1. The Morgan fingerprint density at radius 2 is 1.75 bits per heavy atom. The molecule has 0 saturated heterocycles. The van der Waals surface area contributed by atoms with E-state index in [0.29, 0.717) is 6.54 Å². The molecule has 0 radical (unpaired) electrons. The van der Waals surface area contributed by atoms with Crippen LogP contribution in [0.2, 0.25) is 0 Å². The molecule has 0 aliphatic rings. The molecule has 0 aliphatic heterocycles. The standard InChI is InChI=1S/C14H18N2/c1-9-6-10(2)14-11(3)8-12(4-5-15)16-13(14)7-9/h6-8H,4-5,15H2,1-3H3. The molecule has 1 aromatic carbocycles. The van der Waals surface area contributed by atoms with Crippen molar-refractivity contribution in [3.63, 3.8) is 0 Å². The van der Waals surface area contributed by atoms with Crippen molar-refractivity contribution in [2.24, 2.45) is 5.73 Å². The van der Waals surface area contributed by atoms with Crippen molar-refractivity contribution in [3.8, 4) is 0 Å². The average molecular weight is 214 g/mol. The van der Waals surface area contributed by atoms with Crippen LogP contribution in [0.1, 0.15) is 22.4 Å². The maximum Gasteiger partial charge on any atom is 0.0713 e. The molecule has 2 heteroatoms. The van der Waals surface area contributed by atoms with Crippen LogP contribution in [0.5, 0.6) is 0 Å². The van der Waals surface area contributed by atoms with Gasteiger partial charge in [-0.05, 0) is 56.1 Å². The van der Waals surface area contributed by atoms with E-state index in [2.05, 4.69) is 44.0 Å². The fraction of sp³-hybridized carbons (Fsp3) is 0.357. The Morgan fingerprint density at radius 1 is 1.06 bits per heavy atom. The first-order valence-electron chi connectivity index (χ1n) is 5.69. The minimum absolute atomic E-state index is 0.656. The lowest BCUT2D eigenvalue weighted by Crippen LogP contribution is -2.05. The van der Waals surface area contributed by atoms with Gasteiger partial charge in [-0.15, -0.1) is 0 Å². The zero-order valence-electron chi connectivity index (χ0n) is 10.2. The summed E-state index contributed by atoms with van der Waals surface area (Å²) in [6.07, 6.45) is 0.851. The highest BCUT2D eigenvalue weighted by Crippen LogP contribution is 2.23. The third-order valence-corrected chi connectivity index (χ3v) is 2.90. The highest BCUT2D eigenvalue weighted by atomic mass is 14.7. The first kappa shape index (κ1) is 11.1. The normalized spacial score (nSPS) is 11.0. The van der Waals surface area contributed by atoms with Gasteiger partial charge in [-0.25, -0.2) is 0 Å². The van der Waals surface area contributed by atoms with Gasteiger partial charge in [0.15, 0.2) is 0 Å². The quantitative estimate of drug-likeness (QED) is 0.834. The van der Waals surface area contributed by atoms with Gasteiger partial charge in [0.2, 0.25) is 0 Å². The second-order valence-electron chi connectivity index (χ2n) is 4.45. The summed E-state index contributed by atoms with van der Waals surface area (Å²) >= 11 is 0. The Hall–Kier alpha value is -1.41. The first-order valence-corrected chi connectivity index (χ1v) is 5.69. The van der Waals surface area contributed by atoms with Crippen molar-refractivity contribution >= 4 is 10.9 Å². The van der Waals surface area contributed by atoms with Crippen LogP contribution in [-0.2, 0) is 6.42 Å². The molecule has 0 spiro atoms. The molecular formula is C14H18N2. The monoisotopic (exact) mass is 214 g/mol. The number of aromatic nitrogens is 1. The van der Waals surface area contributed by atoms with Crippen LogP contribution in [0.15, 0.2) is 18.2 Å². The highest BCUT2D eigenvalue weighted by Gasteiger charge is 2.05. The Morgan fingerprint density at radius 3 is 2.44 bits per heavy atom. The molecule has 2 rings (SSSR count). The van der Waals surface area contributed by atoms with Gasteiger partial charge < -0.3 is 5.73 Å². The second-order valence-corrected chi connectivity index (χ2v) is 4.45. The Bertz CT molecular complexity index is 530. The van der Waals surface area contributed by atoms with Crippen LogP contribution in [0.25, 0.3) is 10.9 Å². The largest absolute Gasteiger partial charge is 0.330 e. The maximum absolute atomic E-state index is 5.57. The number of nitrogens with zero attached hydrogens (tertiary/aromatic N) is 1. The molecule has 1 heterocycles. The average Bonchev–Trinajstić information content (AvgIpc) is 2.15. The predicted molar refractivity (Wildman–Crippen MR) is 68.7 cm³/mol. The molecule has 0 aliphatic carbocycles. The lowest BCUT2D eigenvalue weighted by Gasteiger charge is -2.09. The molecule has 2 nitrogen and oxygen atoms in total. The van der Waals surface area contributed by atoms with Gasteiger partial charge in [0.25, 0.3) is 0 Å². The van der Waals surface area contributed by atoms with Crippen molar-refractivity contribution in [2.45, 2.75) is 27.2 Å². The summed E-state index contributed by atoms with van der Waals surface area (Å²) in [4.78, 5) is 4.67. The predicted octanol–water partition coefficient (Wildman–Crippen LogP) is 2.66. The molecule has 0 bridgehead atoms. The topological polar surface area (TPSA) is 38.9 Å². The van der Waals surface area contributed by atoms with E-state index in [4.69, 9.17) is 5.73 Å². The summed E-state index contributed by atoms with van der Waals surface area (Å²) in [5.41, 5.74) is 11.6. The zero-order valence-corrected chi connectivity index (χ0v) is 10.2. The number of fused-ring (bicyclic) bond motifs is 1. The molecule has 16 heavy (non-hydrogen) atoms. The lowest BCUT2D eigenvalue weighted by molar-refractivity contribution is 0.929. The van der Waals surface area contributed by atoms with Crippen LogP contribution in [0.3, 0.4) is 0 Å². The molecule has 2 N–H and O–H groups in total. The van der Waals surface area contributed by atoms with Crippen molar-refractivity contribution in [1.29, 1.82) is 0 Å². The molecular weight excluding hydrogens is 196 g/mol. The number of aryl methyl sites for hydroxylation is 3. The molecule has 0 saturated carbocycles. The second kappa shape index (κ2) is 4.22. The first-order chi connectivity index (χ1) is 7.61. The summed E-state index contributed by atoms with van der Waals surface area (Å²) in [6, 6.07) is 6.51. The summed E-state index contributed by atoms with van der Waals surface area (Å²) in [5, 5.41) is 1.28. The van der Waals surface area contributed by atoms with E-state index in [9.17, 15) is 0 Å². The Labute approximate surface area is 96.5 Å². The SMILES string of the molecule is Cc1cc(C)c2c(C)cc(CCN)nc2c1. The van der Waals surface area contributed by atoms with Gasteiger partial charge >= 0.3 is 0 Å². The smallest absolute Gasteiger partial charge is 0.0713 e. The molecule has 2 aromatic rings. The van der Waals surface area contributed by atoms with Crippen molar-refractivity contribution in [2.75, 3.05) is 6.54 Å². The van der Waals surface area contributed by atoms with Gasteiger partial charge in [0, 0.05) is 17.5 Å². The molecule has 1 aromatic heterocycles. The summed E-state index contributed by atoms with van der Waals surface area (Å²) in [7, 11) is 0. The van der Waals surface area contributed by atoms with Crippen molar-refractivity contribution in [1.82, 2.24) is 4.98 Å². The number of hydrogen-bond donors (Lipinski definition) is 1. The van der Waals surface area contributed by atoms with Crippen LogP contribution in [-0.4, -0.2) is 11.5 Å². The Kier molecular flexibility index (Phi) is 2.92. The maximum atomic E-state index is 5.57. The number of nitrogens with two attached hydrogens (primary N) is 1. The molecule has 0 atom stereocenters. The van der Waals surface area contributed by atoms with E-state index in [1.54, 1.807) is 0 Å². The highest BCUT2D eigenvalue weighted by molar-refractivity contribution is 5.86. The lowest BCUT2D eigenvalue weighted by atomic mass is 10.0. The summed E-state index contributed by atoms with van der Waals surface area (Å²) in [6.45, 7) is 7.06. The van der Waals surface area contributed by atoms with Gasteiger partial charge in [-0.2, -0.15) is 0 Å². The van der Waals surface area contributed by atoms with E-state index >= 15 is 0 Å². The van der Waals surface area contributed by atoms with Gasteiger partial charge in [0.1, 0.15) is 0 Å². The molecule has 0 amide bonds. The third kappa shape index (κ3) is 1.93. The fourth-order valence-corrected chi connectivity index (χ4v) is 2.33. The van der Waals surface area contributed by atoms with Gasteiger partial charge in [0.05, 0.1) is 5.52 Å². The third-order valence-electron chi connectivity index (χ3n) is 2.90. The minimum Gasteiger partial charge on any atom is -0.330 e. The van der Waals surface area contributed by atoms with Crippen LogP contribution < -0.4 is 5.73 Å². The molecule has 0 fully saturated rings. The minimum atomic E-state index is 0.656. The number of benzene rings is 1. The van der Waals surface area contributed by atoms with Gasteiger partial charge in [-0.1, -0.05) is 6.07 Å². The molecule has 0 unspecified atom stereocenters. The van der Waals surface area contributed by atoms with E-state index in [1.165, 1.54) is 22.1 Å². The van der Waals surface area contributed by atoms with E-state index in [-0.39, 0.29) is 0 Å². The van der Waals surface area contributed by atoms with Gasteiger partial charge in [-0.3, -0.25) is 4.98 Å². The number of rotatable bonds is 2. The van der Waals surface area contributed by atoms with Crippen molar-refractivity contribution in [3.05, 3.63) is 40.6 Å². The van der Waals surface area contributed by atoms with E-state index in [1.807, 2.05) is 0 Å². The Balaban J connectivity index is 2.71. The summed E-state index contributed by atoms with van der Waals surface area (Å²) in [5.74, 6) is 0. The van der Waals surface area contributed by atoms with Crippen LogP contribution in [0, 0.1) is 20.8 Å². The zero-order chi connectivity index (χ0) is 11.7. The number of hydrogen-bond acceptors (Lipinski definition) is 2. The molecule has 84 valence electrons. The fourth-order valence-electron chi connectivity index (χ4n) is 2.33. The summed E-state index contributed by atoms with van der Waals surface area (Å²) < 4.78 is 0. The van der Waals surface area contributed by atoms with Crippen LogP contribution in [0.4, 0.5) is 0 Å². The van der Waals surface area contributed by atoms with Crippen LogP contribution >= 0.6 is 0 Å². The van der Waals surface area contributed by atoms with Crippen molar-refractivity contribution < 1.29 is 0 Å².